The fraction of sp³-hybridized carbons (Fsp3) is 0. The first-order chi connectivity index (χ1) is 34.2. The third-order valence-corrected chi connectivity index (χ3v) is 13.4. The molecule has 0 bridgehead atoms. The zero-order valence-electron chi connectivity index (χ0n) is 37.0. The summed E-state index contributed by atoms with van der Waals surface area (Å²) in [5, 5.41) is 6.62. The van der Waals surface area contributed by atoms with Crippen molar-refractivity contribution >= 4 is 65.7 Å². The van der Waals surface area contributed by atoms with Gasteiger partial charge >= 0.3 is 0 Å². The van der Waals surface area contributed by atoms with Gasteiger partial charge in [0.15, 0.2) is 17.5 Å². The van der Waals surface area contributed by atoms with E-state index < -0.39 is 0 Å². The second kappa shape index (κ2) is 15.6. The quantitative estimate of drug-likeness (QED) is 0.159. The smallest absolute Gasteiger partial charge is 0.164 e. The SMILES string of the molecule is c1ccc(-c2ccc3c(c2)c2ccccc2n3-c2cc(-c3ccc4c(c3)oc3cccc(-c5cccc(-c6nc(-c7ccccc7)nc(-c7ccccc7)n6)c5)c34)c3c(c2)oc2ccccc23)cc1. The Balaban J connectivity index is 0.916. The van der Waals surface area contributed by atoms with E-state index in [1.807, 2.05) is 66.7 Å². The van der Waals surface area contributed by atoms with Gasteiger partial charge in [-0.2, -0.15) is 0 Å². The highest BCUT2D eigenvalue weighted by molar-refractivity contribution is 6.17. The van der Waals surface area contributed by atoms with Crippen molar-refractivity contribution in [2.45, 2.75) is 0 Å². The molecule has 0 aliphatic rings. The van der Waals surface area contributed by atoms with Gasteiger partial charge in [0.25, 0.3) is 0 Å². The van der Waals surface area contributed by atoms with Crippen LogP contribution in [-0.2, 0) is 0 Å². The van der Waals surface area contributed by atoms with Crippen LogP contribution in [-0.4, -0.2) is 19.5 Å². The van der Waals surface area contributed by atoms with Crippen LogP contribution >= 0.6 is 0 Å². The first-order valence-corrected chi connectivity index (χ1v) is 23.2. The lowest BCUT2D eigenvalue weighted by atomic mass is 9.95. The molecule has 0 unspecified atom stereocenters. The predicted molar refractivity (Wildman–Crippen MR) is 281 cm³/mol. The molecule has 0 aliphatic carbocycles. The molecule has 69 heavy (non-hydrogen) atoms. The van der Waals surface area contributed by atoms with Gasteiger partial charge in [-0.1, -0.05) is 170 Å². The summed E-state index contributed by atoms with van der Waals surface area (Å²) in [6.07, 6.45) is 0. The molecule has 0 spiro atoms. The van der Waals surface area contributed by atoms with Crippen molar-refractivity contribution in [3.63, 3.8) is 0 Å². The third kappa shape index (κ3) is 6.45. The Bertz CT molecular complexity index is 4250. The molecule has 4 heterocycles. The molecule has 10 aromatic carbocycles. The van der Waals surface area contributed by atoms with Crippen molar-refractivity contribution in [2.75, 3.05) is 0 Å². The molecule has 0 amide bonds. The second-order valence-electron chi connectivity index (χ2n) is 17.5. The van der Waals surface area contributed by atoms with Gasteiger partial charge in [0, 0.05) is 55.1 Å². The molecule has 0 N–H and O–H groups in total. The lowest BCUT2D eigenvalue weighted by Gasteiger charge is -2.12. The van der Waals surface area contributed by atoms with Crippen LogP contribution < -0.4 is 0 Å². The van der Waals surface area contributed by atoms with Crippen molar-refractivity contribution in [2.24, 2.45) is 0 Å². The minimum Gasteiger partial charge on any atom is -0.456 e. The largest absolute Gasteiger partial charge is 0.456 e. The fourth-order valence-corrected chi connectivity index (χ4v) is 10.3. The topological polar surface area (TPSA) is 69.9 Å². The molecule has 0 radical (unpaired) electrons. The number of hydrogen-bond donors (Lipinski definition) is 0. The molecule has 6 nitrogen and oxygen atoms in total. The van der Waals surface area contributed by atoms with Gasteiger partial charge in [-0.05, 0) is 88.0 Å². The molecule has 0 fully saturated rings. The van der Waals surface area contributed by atoms with E-state index in [9.17, 15) is 0 Å². The van der Waals surface area contributed by atoms with Crippen LogP contribution in [0.1, 0.15) is 0 Å². The number of furan rings is 2. The van der Waals surface area contributed by atoms with Gasteiger partial charge in [-0.25, -0.2) is 15.0 Å². The molecule has 0 atom stereocenters. The van der Waals surface area contributed by atoms with Crippen LogP contribution in [0.5, 0.6) is 0 Å². The van der Waals surface area contributed by atoms with Crippen molar-refractivity contribution in [1.29, 1.82) is 0 Å². The van der Waals surface area contributed by atoms with Gasteiger partial charge in [0.1, 0.15) is 22.3 Å². The summed E-state index contributed by atoms with van der Waals surface area (Å²) >= 11 is 0. The summed E-state index contributed by atoms with van der Waals surface area (Å²) in [6.45, 7) is 0. The molecular weight excluding hydrogens is 845 g/mol. The number of hydrogen-bond acceptors (Lipinski definition) is 5. The average Bonchev–Trinajstić information content (AvgIpc) is 4.10. The van der Waals surface area contributed by atoms with Crippen LogP contribution in [0.4, 0.5) is 0 Å². The van der Waals surface area contributed by atoms with Crippen LogP contribution in [0.15, 0.2) is 239 Å². The van der Waals surface area contributed by atoms with E-state index in [0.29, 0.717) is 17.5 Å². The molecule has 14 aromatic rings. The highest BCUT2D eigenvalue weighted by Crippen LogP contribution is 2.44. The molecule has 4 aromatic heterocycles. The summed E-state index contributed by atoms with van der Waals surface area (Å²) in [6, 6.07) is 80.4. The summed E-state index contributed by atoms with van der Waals surface area (Å²) in [5.41, 5.74) is 15.9. The van der Waals surface area contributed by atoms with E-state index in [2.05, 4.69) is 168 Å². The average molecular weight is 883 g/mol. The summed E-state index contributed by atoms with van der Waals surface area (Å²) < 4.78 is 15.9. The standard InChI is InChI=1S/C63H38N4O2/c1-4-16-39(17-5-1)42-31-33-54-52(35-42)48-24-10-12-27-53(48)67(54)46-37-51(60-49-25-11-13-28-55(49)68-58(60)38-46)44-30-32-50-57(36-44)69-56-29-15-26-47(59(50)56)43-22-14-23-45(34-43)63-65-61(40-18-6-2-7-19-40)64-62(66-63)41-20-8-3-9-21-41/h1-38H. The Labute approximate surface area is 396 Å². The normalized spacial score (nSPS) is 11.8. The van der Waals surface area contributed by atoms with Crippen LogP contribution in [0.3, 0.4) is 0 Å². The number of rotatable bonds is 7. The second-order valence-corrected chi connectivity index (χ2v) is 17.5. The number of fused-ring (bicyclic) bond motifs is 9. The first kappa shape index (κ1) is 38.8. The Hall–Kier alpha value is -9.39. The van der Waals surface area contributed by atoms with Crippen molar-refractivity contribution in [1.82, 2.24) is 19.5 Å². The Kier molecular flexibility index (Phi) is 8.79. The van der Waals surface area contributed by atoms with E-state index in [1.165, 1.54) is 21.9 Å². The first-order valence-electron chi connectivity index (χ1n) is 23.2. The van der Waals surface area contributed by atoms with E-state index in [0.717, 1.165) is 99.5 Å². The molecule has 14 rings (SSSR count). The van der Waals surface area contributed by atoms with E-state index in [4.69, 9.17) is 23.8 Å². The van der Waals surface area contributed by atoms with Gasteiger partial charge < -0.3 is 13.4 Å². The third-order valence-electron chi connectivity index (χ3n) is 13.4. The Morgan fingerprint density at radius 2 is 0.812 bits per heavy atom. The molecular formula is C63H38N4O2. The minimum atomic E-state index is 0.608. The molecule has 6 heteroatoms. The number of aromatic nitrogens is 4. The minimum absolute atomic E-state index is 0.608. The zero-order chi connectivity index (χ0) is 45.4. The van der Waals surface area contributed by atoms with E-state index in [-0.39, 0.29) is 0 Å². The highest BCUT2D eigenvalue weighted by atomic mass is 16.3. The van der Waals surface area contributed by atoms with Crippen molar-refractivity contribution in [3.05, 3.63) is 231 Å². The van der Waals surface area contributed by atoms with Crippen LogP contribution in [0.2, 0.25) is 0 Å². The molecule has 0 aliphatic heterocycles. The zero-order valence-corrected chi connectivity index (χ0v) is 37.0. The lowest BCUT2D eigenvalue weighted by molar-refractivity contribution is 0.668. The maximum Gasteiger partial charge on any atom is 0.164 e. The van der Waals surface area contributed by atoms with Crippen molar-refractivity contribution < 1.29 is 8.83 Å². The van der Waals surface area contributed by atoms with Gasteiger partial charge in [0.05, 0.1) is 16.7 Å². The number of benzene rings is 10. The Morgan fingerprint density at radius 3 is 1.58 bits per heavy atom. The number of nitrogens with zero attached hydrogens (tertiary/aromatic N) is 4. The van der Waals surface area contributed by atoms with Gasteiger partial charge in [-0.15, -0.1) is 0 Å². The van der Waals surface area contributed by atoms with Gasteiger partial charge in [-0.3, -0.25) is 0 Å². The maximum atomic E-state index is 6.81. The maximum absolute atomic E-state index is 6.81. The van der Waals surface area contributed by atoms with Crippen LogP contribution in [0, 0.1) is 0 Å². The summed E-state index contributed by atoms with van der Waals surface area (Å²) in [5.74, 6) is 1.86. The highest BCUT2D eigenvalue weighted by Gasteiger charge is 2.21. The van der Waals surface area contributed by atoms with Crippen LogP contribution in [0.25, 0.3) is 139 Å². The predicted octanol–water partition coefficient (Wildman–Crippen LogP) is 16.8. The molecule has 322 valence electrons. The molecule has 0 saturated carbocycles. The number of para-hydroxylation sites is 2. The van der Waals surface area contributed by atoms with E-state index >= 15 is 0 Å². The Morgan fingerprint density at radius 1 is 0.275 bits per heavy atom. The summed E-state index contributed by atoms with van der Waals surface area (Å²) in [4.78, 5) is 15.0. The fourth-order valence-electron chi connectivity index (χ4n) is 10.3. The lowest BCUT2D eigenvalue weighted by Crippen LogP contribution is -2.00. The monoisotopic (exact) mass is 882 g/mol. The molecule has 0 saturated heterocycles. The van der Waals surface area contributed by atoms with Crippen molar-refractivity contribution in [3.8, 4) is 73.2 Å². The summed E-state index contributed by atoms with van der Waals surface area (Å²) in [7, 11) is 0. The van der Waals surface area contributed by atoms with E-state index in [1.54, 1.807) is 0 Å². The van der Waals surface area contributed by atoms with Gasteiger partial charge in [0.2, 0.25) is 0 Å².